The summed E-state index contributed by atoms with van der Waals surface area (Å²) in [5.74, 6) is 0. The Balaban J connectivity index is -0.0000000133. The molecule has 0 aliphatic rings. The fourth-order valence-electron chi connectivity index (χ4n) is 0. The number of hydrogen-bond acceptors (Lipinski definition) is 1. The van der Waals surface area contributed by atoms with E-state index < -0.39 is 7.82 Å². The third-order valence-corrected chi connectivity index (χ3v) is 0. The first-order valence-electron chi connectivity index (χ1n) is 0.783. The van der Waals surface area contributed by atoms with E-state index in [2.05, 4.69) is 0 Å². The molecule has 0 atom stereocenters. The van der Waals surface area contributed by atoms with Gasteiger partial charge in [-0.2, -0.15) is 0 Å². The van der Waals surface area contributed by atoms with Crippen molar-refractivity contribution in [3.8, 4) is 0 Å². The zero-order valence-electron chi connectivity index (χ0n) is 5.01. The third kappa shape index (κ3) is 87.4. The molecule has 0 unspecified atom stereocenters. The van der Waals surface area contributed by atoms with Gasteiger partial charge >= 0.3 is 59.2 Å². The van der Waals surface area contributed by atoms with Crippen molar-refractivity contribution in [1.82, 2.24) is 0 Å². The molecule has 0 aromatic rings. The summed E-state index contributed by atoms with van der Waals surface area (Å²) in [6, 6.07) is 0. The van der Waals surface area contributed by atoms with Gasteiger partial charge in [0.25, 0.3) is 0 Å². The molecule has 0 saturated carbocycles. The number of hydrogen-bond donors (Lipinski definition) is 3. The standard InChI is InChI=1S/Cr.FH.K.H3O4P.H/c;;;1-5(2,3)4;/h;1H;;(H3,1,2,3,4);/q;;+1;;-1. The average molecular weight is 210 g/mol. The van der Waals surface area contributed by atoms with E-state index in [0.29, 0.717) is 0 Å². The molecule has 0 aliphatic heterocycles. The predicted octanol–water partition coefficient (Wildman–Crippen LogP) is -3.66. The van der Waals surface area contributed by atoms with Gasteiger partial charge in [-0.05, 0) is 0 Å². The Bertz CT molecular complexity index is 66.7. The van der Waals surface area contributed by atoms with E-state index in [0.717, 1.165) is 0 Å². The van der Waals surface area contributed by atoms with E-state index in [-0.39, 0.29) is 74.9 Å². The fraction of sp³-hybridized carbons (Fsp3) is 0. The maximum atomic E-state index is 8.88. The molecule has 8 heavy (non-hydrogen) atoms. The Morgan fingerprint density at radius 1 is 1.25 bits per heavy atom. The molecule has 0 aromatic heterocycles. The maximum Gasteiger partial charge on any atom is 1.00 e. The van der Waals surface area contributed by atoms with Crippen molar-refractivity contribution >= 4 is 7.82 Å². The van der Waals surface area contributed by atoms with E-state index in [1.165, 1.54) is 0 Å². The number of rotatable bonds is 0. The van der Waals surface area contributed by atoms with Crippen LogP contribution in [0.5, 0.6) is 0 Å². The van der Waals surface area contributed by atoms with Gasteiger partial charge in [0.2, 0.25) is 0 Å². The van der Waals surface area contributed by atoms with Crippen LogP contribution in [0, 0.1) is 0 Å². The molecule has 0 bridgehead atoms. The van der Waals surface area contributed by atoms with E-state index in [1.807, 2.05) is 0 Å². The van der Waals surface area contributed by atoms with Crippen LogP contribution in [0.4, 0.5) is 4.70 Å². The Morgan fingerprint density at radius 3 is 1.25 bits per heavy atom. The molecule has 0 saturated heterocycles. The Hall–Kier alpha value is 2.21. The van der Waals surface area contributed by atoms with Crippen LogP contribution in [0.3, 0.4) is 0 Å². The molecule has 0 fully saturated rings. The van der Waals surface area contributed by atoms with Crippen LogP contribution in [-0.4, -0.2) is 14.7 Å². The summed E-state index contributed by atoms with van der Waals surface area (Å²) in [6.45, 7) is 0. The van der Waals surface area contributed by atoms with Gasteiger partial charge in [0.15, 0.2) is 0 Å². The monoisotopic (exact) mass is 210 g/mol. The SMILES string of the molecule is F.O=P(O)(O)O.[Cr].[H-].[K+]. The molecular formula is H5CrFKO4P. The number of phosphoric acid groups is 1. The summed E-state index contributed by atoms with van der Waals surface area (Å²) in [7, 11) is -4.64. The van der Waals surface area contributed by atoms with Gasteiger partial charge in [-0.25, -0.2) is 4.57 Å². The van der Waals surface area contributed by atoms with Crippen LogP contribution in [0.15, 0.2) is 0 Å². The molecule has 4 nitrogen and oxygen atoms in total. The van der Waals surface area contributed by atoms with Gasteiger partial charge in [-0.1, -0.05) is 0 Å². The van der Waals surface area contributed by atoms with Crippen LogP contribution in [0.1, 0.15) is 1.43 Å². The van der Waals surface area contributed by atoms with Gasteiger partial charge < -0.3 is 16.1 Å². The first kappa shape index (κ1) is 22.5. The molecule has 0 aliphatic carbocycles. The second kappa shape index (κ2) is 9.21. The molecular weight excluding hydrogens is 205 g/mol. The first-order valence-corrected chi connectivity index (χ1v) is 2.35. The summed E-state index contributed by atoms with van der Waals surface area (Å²) < 4.78 is 8.88. The summed E-state index contributed by atoms with van der Waals surface area (Å²) in [5, 5.41) is 0. The Morgan fingerprint density at radius 2 is 1.25 bits per heavy atom. The summed E-state index contributed by atoms with van der Waals surface area (Å²) in [5.41, 5.74) is 0. The largest absolute Gasteiger partial charge is 1.00 e. The minimum Gasteiger partial charge on any atom is -1.00 e. The zero-order chi connectivity index (χ0) is 4.50. The van der Waals surface area contributed by atoms with Crippen molar-refractivity contribution in [2.45, 2.75) is 0 Å². The van der Waals surface area contributed by atoms with E-state index in [4.69, 9.17) is 19.2 Å². The van der Waals surface area contributed by atoms with Crippen LogP contribution in [0.2, 0.25) is 0 Å². The Kier molecular flexibility index (Phi) is 25.9. The quantitative estimate of drug-likeness (QED) is 0.284. The van der Waals surface area contributed by atoms with Crippen molar-refractivity contribution in [2.75, 3.05) is 0 Å². The van der Waals surface area contributed by atoms with E-state index in [1.54, 1.807) is 0 Å². The van der Waals surface area contributed by atoms with E-state index in [9.17, 15) is 0 Å². The smallest absolute Gasteiger partial charge is 1.00 e. The fourth-order valence-corrected chi connectivity index (χ4v) is 0. The third-order valence-electron chi connectivity index (χ3n) is 0. The molecule has 0 aromatic carbocycles. The summed E-state index contributed by atoms with van der Waals surface area (Å²) >= 11 is 0. The molecule has 0 spiro atoms. The van der Waals surface area contributed by atoms with Crippen LogP contribution in [-0.2, 0) is 21.9 Å². The second-order valence-electron chi connectivity index (χ2n) is 0.513. The molecule has 0 radical (unpaired) electrons. The van der Waals surface area contributed by atoms with Crippen molar-refractivity contribution in [3.63, 3.8) is 0 Å². The molecule has 0 heterocycles. The first-order chi connectivity index (χ1) is 2.00. The van der Waals surface area contributed by atoms with Gasteiger partial charge in [0, 0.05) is 17.4 Å². The minimum atomic E-state index is -4.64. The topological polar surface area (TPSA) is 77.8 Å². The Labute approximate surface area is 100 Å². The van der Waals surface area contributed by atoms with Crippen LogP contribution in [0.25, 0.3) is 0 Å². The summed E-state index contributed by atoms with van der Waals surface area (Å²) in [6.07, 6.45) is 0. The minimum absolute atomic E-state index is 0. The molecule has 0 rings (SSSR count). The second-order valence-corrected chi connectivity index (χ2v) is 1.54. The molecule has 8 heteroatoms. The maximum absolute atomic E-state index is 8.88. The summed E-state index contributed by atoms with van der Waals surface area (Å²) in [4.78, 5) is 21.6. The van der Waals surface area contributed by atoms with Gasteiger partial charge in [-0.15, -0.1) is 0 Å². The predicted molar refractivity (Wildman–Crippen MR) is 17.9 cm³/mol. The van der Waals surface area contributed by atoms with E-state index >= 15 is 0 Å². The molecule has 48 valence electrons. The average Bonchev–Trinajstić information content (AvgIpc) is 0.722. The molecule has 0 amide bonds. The van der Waals surface area contributed by atoms with Crippen LogP contribution >= 0.6 is 7.82 Å². The van der Waals surface area contributed by atoms with Crippen molar-refractivity contribution in [1.29, 1.82) is 0 Å². The number of halogens is 1. The normalized spacial score (nSPS) is 7.38. The molecule has 3 N–H and O–H groups in total. The zero-order valence-corrected chi connectivity index (χ0v) is 9.31. The van der Waals surface area contributed by atoms with Crippen LogP contribution < -0.4 is 51.4 Å². The van der Waals surface area contributed by atoms with Crippen molar-refractivity contribution in [2.24, 2.45) is 0 Å². The van der Waals surface area contributed by atoms with Gasteiger partial charge in [0.1, 0.15) is 0 Å². The van der Waals surface area contributed by atoms with Gasteiger partial charge in [-0.3, -0.25) is 4.70 Å². The van der Waals surface area contributed by atoms with Gasteiger partial charge in [0.05, 0.1) is 0 Å². The van der Waals surface area contributed by atoms with Crippen molar-refractivity contribution < 1.29 is 94.1 Å². The van der Waals surface area contributed by atoms with Crippen molar-refractivity contribution in [3.05, 3.63) is 0 Å².